The summed E-state index contributed by atoms with van der Waals surface area (Å²) in [4.78, 5) is 0. The van der Waals surface area contributed by atoms with Gasteiger partial charge in [-0.2, -0.15) is 5.26 Å². The maximum atomic E-state index is 13.8. The lowest BCUT2D eigenvalue weighted by atomic mass is 9.75. The van der Waals surface area contributed by atoms with Crippen LogP contribution in [-0.2, 0) is 0 Å². The number of benzene rings is 2. The van der Waals surface area contributed by atoms with Crippen LogP contribution in [0.1, 0.15) is 29.9 Å². The number of nitriles is 1. The van der Waals surface area contributed by atoms with Gasteiger partial charge < -0.3 is 5.32 Å². The van der Waals surface area contributed by atoms with Gasteiger partial charge in [0.25, 0.3) is 0 Å². The van der Waals surface area contributed by atoms with Crippen molar-refractivity contribution < 1.29 is 8.78 Å². The summed E-state index contributed by atoms with van der Waals surface area (Å²) in [5.41, 5.74) is 1.43. The Balaban J connectivity index is 1.63. The van der Waals surface area contributed by atoms with Crippen molar-refractivity contribution in [2.75, 3.05) is 5.32 Å². The van der Waals surface area contributed by atoms with Crippen LogP contribution >= 0.6 is 0 Å². The van der Waals surface area contributed by atoms with E-state index in [2.05, 4.69) is 5.32 Å². The third-order valence-corrected chi connectivity index (χ3v) is 3.94. The van der Waals surface area contributed by atoms with Gasteiger partial charge in [-0.3, -0.25) is 0 Å². The summed E-state index contributed by atoms with van der Waals surface area (Å²) < 4.78 is 27.4. The number of hydrogen-bond donors (Lipinski definition) is 1. The lowest BCUT2D eigenvalue weighted by Gasteiger charge is -2.37. The molecule has 0 bridgehead atoms. The Hall–Kier alpha value is -2.41. The number of halogens is 2. The van der Waals surface area contributed by atoms with Crippen LogP contribution in [0.2, 0.25) is 0 Å². The highest BCUT2D eigenvalue weighted by molar-refractivity contribution is 5.50. The first-order chi connectivity index (χ1) is 10.2. The van der Waals surface area contributed by atoms with Crippen molar-refractivity contribution in [1.82, 2.24) is 0 Å². The van der Waals surface area contributed by atoms with Gasteiger partial charge in [-0.15, -0.1) is 0 Å². The standard InChI is InChI=1S/C17H14F2N2/c18-15-4-2-1-3-14(15)12-8-13(9-12)21-17-6-5-11(10-20)7-16(17)19/h1-7,12-13,21H,8-9H2. The predicted molar refractivity (Wildman–Crippen MR) is 76.9 cm³/mol. The number of hydrogen-bond acceptors (Lipinski definition) is 2. The normalized spacial score (nSPS) is 20.4. The Labute approximate surface area is 122 Å². The van der Waals surface area contributed by atoms with E-state index in [1.54, 1.807) is 24.3 Å². The number of nitrogens with one attached hydrogen (secondary N) is 1. The van der Waals surface area contributed by atoms with E-state index in [1.807, 2.05) is 12.1 Å². The van der Waals surface area contributed by atoms with Crippen LogP contribution in [0.15, 0.2) is 42.5 Å². The summed E-state index contributed by atoms with van der Waals surface area (Å²) in [6.07, 6.45) is 1.56. The molecule has 1 aliphatic rings. The number of rotatable bonds is 3. The molecule has 2 nitrogen and oxygen atoms in total. The molecule has 0 atom stereocenters. The smallest absolute Gasteiger partial charge is 0.147 e. The Morgan fingerprint density at radius 1 is 1.05 bits per heavy atom. The van der Waals surface area contributed by atoms with Crippen molar-refractivity contribution in [3.63, 3.8) is 0 Å². The van der Waals surface area contributed by atoms with Gasteiger partial charge in [0.2, 0.25) is 0 Å². The van der Waals surface area contributed by atoms with Gasteiger partial charge in [0.05, 0.1) is 17.3 Å². The van der Waals surface area contributed by atoms with Crippen LogP contribution in [-0.4, -0.2) is 6.04 Å². The summed E-state index contributed by atoms with van der Waals surface area (Å²) in [5, 5.41) is 11.8. The Bertz CT molecular complexity index is 700. The molecule has 2 aromatic rings. The molecule has 1 saturated carbocycles. The van der Waals surface area contributed by atoms with Crippen molar-refractivity contribution >= 4 is 5.69 Å². The quantitative estimate of drug-likeness (QED) is 0.917. The fraction of sp³-hybridized carbons (Fsp3) is 0.235. The van der Waals surface area contributed by atoms with E-state index < -0.39 is 5.82 Å². The Kier molecular flexibility index (Phi) is 3.57. The fourth-order valence-electron chi connectivity index (χ4n) is 2.72. The van der Waals surface area contributed by atoms with Gasteiger partial charge in [-0.1, -0.05) is 18.2 Å². The molecule has 1 N–H and O–H groups in total. The largest absolute Gasteiger partial charge is 0.380 e. The Morgan fingerprint density at radius 3 is 2.48 bits per heavy atom. The zero-order chi connectivity index (χ0) is 14.8. The zero-order valence-electron chi connectivity index (χ0n) is 11.3. The first kappa shape index (κ1) is 13.6. The molecule has 0 unspecified atom stereocenters. The van der Waals surface area contributed by atoms with Crippen molar-refractivity contribution in [1.29, 1.82) is 5.26 Å². The van der Waals surface area contributed by atoms with Gasteiger partial charge in [-0.05, 0) is 48.6 Å². The van der Waals surface area contributed by atoms with E-state index in [-0.39, 0.29) is 17.8 Å². The molecule has 21 heavy (non-hydrogen) atoms. The van der Waals surface area contributed by atoms with Crippen LogP contribution in [0.5, 0.6) is 0 Å². The molecule has 2 aromatic carbocycles. The molecule has 0 spiro atoms. The van der Waals surface area contributed by atoms with Crippen LogP contribution < -0.4 is 5.32 Å². The van der Waals surface area contributed by atoms with Crippen LogP contribution in [0.4, 0.5) is 14.5 Å². The number of nitrogens with zero attached hydrogens (tertiary/aromatic N) is 1. The second kappa shape index (κ2) is 5.53. The summed E-state index contributed by atoms with van der Waals surface area (Å²) in [6, 6.07) is 13.2. The molecule has 0 aliphatic heterocycles. The van der Waals surface area contributed by atoms with Crippen LogP contribution in [0, 0.1) is 23.0 Å². The predicted octanol–water partition coefficient (Wildman–Crippen LogP) is 4.19. The molecule has 1 fully saturated rings. The van der Waals surface area contributed by atoms with Crippen LogP contribution in [0.25, 0.3) is 0 Å². The third kappa shape index (κ3) is 2.73. The molecule has 3 rings (SSSR count). The summed E-state index contributed by atoms with van der Waals surface area (Å²) in [5.74, 6) is -0.418. The van der Waals surface area contributed by atoms with Crippen molar-refractivity contribution in [2.45, 2.75) is 24.8 Å². The van der Waals surface area contributed by atoms with Crippen molar-refractivity contribution in [2.24, 2.45) is 0 Å². The van der Waals surface area contributed by atoms with Crippen molar-refractivity contribution in [3.8, 4) is 6.07 Å². The monoisotopic (exact) mass is 284 g/mol. The lowest BCUT2D eigenvalue weighted by molar-refractivity contribution is 0.362. The third-order valence-electron chi connectivity index (χ3n) is 3.94. The van der Waals surface area contributed by atoms with Crippen molar-refractivity contribution in [3.05, 3.63) is 65.2 Å². The molecule has 0 saturated heterocycles. The second-order valence-corrected chi connectivity index (χ2v) is 5.34. The minimum Gasteiger partial charge on any atom is -0.380 e. The molecule has 0 heterocycles. The van der Waals surface area contributed by atoms with E-state index in [0.717, 1.165) is 18.4 Å². The van der Waals surface area contributed by atoms with Gasteiger partial charge in [0.1, 0.15) is 11.6 Å². The van der Waals surface area contributed by atoms with Gasteiger partial charge in [0.15, 0.2) is 0 Å². The maximum absolute atomic E-state index is 13.8. The maximum Gasteiger partial charge on any atom is 0.147 e. The minimum atomic E-state index is -0.427. The molecule has 106 valence electrons. The molecule has 0 aromatic heterocycles. The molecule has 1 aliphatic carbocycles. The second-order valence-electron chi connectivity index (χ2n) is 5.34. The molecular formula is C17H14F2N2. The molecular weight excluding hydrogens is 270 g/mol. The average molecular weight is 284 g/mol. The first-order valence-electron chi connectivity index (χ1n) is 6.88. The van der Waals surface area contributed by atoms with Crippen LogP contribution in [0.3, 0.4) is 0 Å². The SMILES string of the molecule is N#Cc1ccc(NC2CC(c3ccccc3F)C2)c(F)c1. The lowest BCUT2D eigenvalue weighted by Crippen LogP contribution is -2.34. The van der Waals surface area contributed by atoms with E-state index in [0.29, 0.717) is 11.3 Å². The topological polar surface area (TPSA) is 35.8 Å². The molecule has 4 heteroatoms. The van der Waals surface area contributed by atoms with E-state index >= 15 is 0 Å². The highest BCUT2D eigenvalue weighted by atomic mass is 19.1. The summed E-state index contributed by atoms with van der Waals surface area (Å²) in [6.45, 7) is 0. The van der Waals surface area contributed by atoms with Gasteiger partial charge in [0, 0.05) is 6.04 Å². The molecule has 0 radical (unpaired) electrons. The average Bonchev–Trinajstić information content (AvgIpc) is 2.45. The van der Waals surface area contributed by atoms with E-state index in [9.17, 15) is 8.78 Å². The highest BCUT2D eigenvalue weighted by Gasteiger charge is 2.32. The zero-order valence-corrected chi connectivity index (χ0v) is 11.3. The van der Waals surface area contributed by atoms with E-state index in [1.165, 1.54) is 12.1 Å². The Morgan fingerprint density at radius 2 is 1.81 bits per heavy atom. The van der Waals surface area contributed by atoms with Gasteiger partial charge >= 0.3 is 0 Å². The number of anilines is 1. The minimum absolute atomic E-state index is 0.136. The fourth-order valence-corrected chi connectivity index (χ4v) is 2.72. The van der Waals surface area contributed by atoms with Gasteiger partial charge in [-0.25, -0.2) is 8.78 Å². The van der Waals surface area contributed by atoms with E-state index in [4.69, 9.17) is 5.26 Å². The molecule has 0 amide bonds. The summed E-state index contributed by atoms with van der Waals surface area (Å²) >= 11 is 0. The highest BCUT2D eigenvalue weighted by Crippen LogP contribution is 2.39. The summed E-state index contributed by atoms with van der Waals surface area (Å²) in [7, 11) is 0. The first-order valence-corrected chi connectivity index (χ1v) is 6.88.